The standard InChI is InChI=1S/C28H26F3N7O4/c1-14-19-6-4-16(13-38(19)27(40)42-14)25-36-22(23-24(32)34-9-10-37(23)25)18-5-3-15(11-20(18)41-2)26(39)35-21-12-17(7-8-33-21)28(29,30)31/h3,5,7-12,14,16,19H,4,6,13H2,1-2H3,(H2,32,34)(H,33,35,39)/t14-,16-,19+/m1/s1. The summed E-state index contributed by atoms with van der Waals surface area (Å²) in [6, 6.07) is 6.20. The average molecular weight is 582 g/mol. The fourth-order valence-corrected chi connectivity index (χ4v) is 5.66. The van der Waals surface area contributed by atoms with E-state index in [1.165, 1.54) is 19.2 Å². The third-order valence-corrected chi connectivity index (χ3v) is 7.71. The molecule has 0 radical (unpaired) electrons. The molecular formula is C28H26F3N7O4. The number of carbonyl (C=O) groups is 2. The third kappa shape index (κ3) is 4.72. The number of hydrogen-bond donors (Lipinski definition) is 2. The molecule has 4 aromatic rings. The van der Waals surface area contributed by atoms with Gasteiger partial charge in [-0.25, -0.2) is 19.7 Å². The molecule has 0 saturated carbocycles. The van der Waals surface area contributed by atoms with Crippen molar-refractivity contribution in [1.29, 1.82) is 0 Å². The monoisotopic (exact) mass is 581 g/mol. The summed E-state index contributed by atoms with van der Waals surface area (Å²) in [5, 5.41) is 2.39. The van der Waals surface area contributed by atoms with Gasteiger partial charge in [0.1, 0.15) is 40.5 Å². The Balaban J connectivity index is 1.34. The minimum Gasteiger partial charge on any atom is -0.496 e. The first kappa shape index (κ1) is 27.3. The van der Waals surface area contributed by atoms with Crippen LogP contribution in [0.4, 0.5) is 29.6 Å². The van der Waals surface area contributed by atoms with Gasteiger partial charge in [-0.1, -0.05) is 0 Å². The SMILES string of the molecule is COc1cc(C(=O)Nc2cc(C(F)(F)F)ccn2)ccc1-c1nc([C@@H]2CC[C@H]3[C@@H](C)OC(=O)N3C2)n2ccnc(N)c12. The molecule has 3 N–H and O–H groups in total. The quantitative estimate of drug-likeness (QED) is 0.345. The molecule has 6 rings (SSSR count). The highest BCUT2D eigenvalue weighted by molar-refractivity contribution is 6.04. The van der Waals surface area contributed by atoms with Crippen LogP contribution in [0.5, 0.6) is 5.75 Å². The molecule has 2 aliphatic heterocycles. The number of carbonyl (C=O) groups excluding carboxylic acids is 2. The van der Waals surface area contributed by atoms with Gasteiger partial charge >= 0.3 is 12.3 Å². The highest BCUT2D eigenvalue weighted by atomic mass is 19.4. The number of nitrogens with two attached hydrogens (primary N) is 1. The van der Waals surface area contributed by atoms with E-state index in [4.69, 9.17) is 20.2 Å². The van der Waals surface area contributed by atoms with Crippen LogP contribution in [-0.4, -0.2) is 62.1 Å². The van der Waals surface area contributed by atoms with Gasteiger partial charge in [-0.05, 0) is 50.1 Å². The molecule has 2 amide bonds. The van der Waals surface area contributed by atoms with Gasteiger partial charge in [-0.15, -0.1) is 0 Å². The number of imidazole rings is 1. The number of nitrogen functional groups attached to an aromatic ring is 1. The van der Waals surface area contributed by atoms with Gasteiger partial charge < -0.3 is 25.4 Å². The van der Waals surface area contributed by atoms with Crippen LogP contribution in [-0.2, 0) is 10.9 Å². The molecule has 0 unspecified atom stereocenters. The van der Waals surface area contributed by atoms with E-state index in [1.807, 2.05) is 11.3 Å². The largest absolute Gasteiger partial charge is 0.496 e. The molecular weight excluding hydrogens is 555 g/mol. The summed E-state index contributed by atoms with van der Waals surface area (Å²) in [5.74, 6) is 0.195. The number of hydrogen-bond acceptors (Lipinski definition) is 8. The Hall–Kier alpha value is -4.88. The Morgan fingerprint density at radius 3 is 2.74 bits per heavy atom. The molecule has 3 aromatic heterocycles. The minimum absolute atomic E-state index is 0.0242. The van der Waals surface area contributed by atoms with Crippen LogP contribution in [0.2, 0.25) is 0 Å². The second kappa shape index (κ2) is 10.2. The van der Waals surface area contributed by atoms with Crippen molar-refractivity contribution < 1.29 is 32.2 Å². The molecule has 0 aliphatic carbocycles. The van der Waals surface area contributed by atoms with Crippen LogP contribution in [0.3, 0.4) is 0 Å². The predicted octanol–water partition coefficient (Wildman–Crippen LogP) is 4.74. The van der Waals surface area contributed by atoms with Gasteiger partial charge in [0.2, 0.25) is 0 Å². The molecule has 2 fully saturated rings. The van der Waals surface area contributed by atoms with Crippen molar-refractivity contribution in [3.63, 3.8) is 0 Å². The molecule has 5 heterocycles. The number of pyridine rings is 1. The number of amides is 2. The maximum absolute atomic E-state index is 13.1. The lowest BCUT2D eigenvalue weighted by atomic mass is 9.91. The Morgan fingerprint density at radius 1 is 1.17 bits per heavy atom. The Kier molecular flexibility index (Phi) is 6.62. The zero-order chi connectivity index (χ0) is 29.8. The van der Waals surface area contributed by atoms with Gasteiger partial charge in [-0.2, -0.15) is 13.2 Å². The molecule has 42 heavy (non-hydrogen) atoms. The summed E-state index contributed by atoms with van der Waals surface area (Å²) in [6.45, 7) is 2.33. The number of anilines is 2. The predicted molar refractivity (Wildman–Crippen MR) is 145 cm³/mol. The highest BCUT2D eigenvalue weighted by Gasteiger charge is 2.44. The molecule has 14 heteroatoms. The fraction of sp³-hybridized carbons (Fsp3) is 0.321. The molecule has 2 aliphatic rings. The second-order valence-corrected chi connectivity index (χ2v) is 10.2. The van der Waals surface area contributed by atoms with E-state index >= 15 is 0 Å². The van der Waals surface area contributed by atoms with Gasteiger partial charge in [0.05, 0.1) is 18.7 Å². The minimum atomic E-state index is -4.58. The molecule has 11 nitrogen and oxygen atoms in total. The van der Waals surface area contributed by atoms with Crippen molar-refractivity contribution in [2.45, 2.75) is 44.0 Å². The van der Waals surface area contributed by atoms with Crippen LogP contribution in [0.25, 0.3) is 16.8 Å². The number of benzene rings is 1. The van der Waals surface area contributed by atoms with Crippen molar-refractivity contribution >= 4 is 29.2 Å². The van der Waals surface area contributed by atoms with E-state index in [0.29, 0.717) is 29.1 Å². The molecule has 0 spiro atoms. The highest BCUT2D eigenvalue weighted by Crippen LogP contribution is 2.40. The number of nitrogens with zero attached hydrogens (tertiary/aromatic N) is 5. The van der Waals surface area contributed by atoms with Crippen molar-refractivity contribution in [3.8, 4) is 17.0 Å². The number of fused-ring (bicyclic) bond motifs is 2. The normalized spacial score (nSPS) is 20.4. The van der Waals surface area contributed by atoms with Crippen molar-refractivity contribution in [3.05, 3.63) is 65.9 Å². The van der Waals surface area contributed by atoms with Gasteiger partial charge in [0.25, 0.3) is 5.91 Å². The Morgan fingerprint density at radius 2 is 1.98 bits per heavy atom. The maximum Gasteiger partial charge on any atom is 0.416 e. The number of piperidine rings is 1. The van der Waals surface area contributed by atoms with Gasteiger partial charge in [0.15, 0.2) is 0 Å². The molecule has 218 valence electrons. The smallest absolute Gasteiger partial charge is 0.416 e. The number of halogens is 3. The summed E-state index contributed by atoms with van der Waals surface area (Å²) in [6.07, 6.45) is 0.754. The van der Waals surface area contributed by atoms with Gasteiger partial charge in [-0.3, -0.25) is 9.20 Å². The van der Waals surface area contributed by atoms with E-state index < -0.39 is 17.6 Å². The fourth-order valence-electron chi connectivity index (χ4n) is 5.66. The lowest BCUT2D eigenvalue weighted by molar-refractivity contribution is -0.137. The number of alkyl halides is 3. The maximum atomic E-state index is 13.1. The van der Waals surface area contributed by atoms with Crippen LogP contribution in [0.15, 0.2) is 48.9 Å². The number of methoxy groups -OCH3 is 1. The van der Waals surface area contributed by atoms with E-state index in [-0.39, 0.29) is 47.1 Å². The van der Waals surface area contributed by atoms with Crippen LogP contribution < -0.4 is 15.8 Å². The summed E-state index contributed by atoms with van der Waals surface area (Å²) >= 11 is 0. The number of aromatic nitrogens is 4. The van der Waals surface area contributed by atoms with E-state index in [2.05, 4.69) is 15.3 Å². The first-order valence-corrected chi connectivity index (χ1v) is 13.2. The molecule has 3 atom stereocenters. The summed E-state index contributed by atoms with van der Waals surface area (Å²) in [5.41, 5.74) is 7.04. The zero-order valence-corrected chi connectivity index (χ0v) is 22.6. The number of rotatable bonds is 5. The molecule has 0 bridgehead atoms. The summed E-state index contributed by atoms with van der Waals surface area (Å²) in [7, 11) is 1.43. The number of nitrogens with one attached hydrogen (secondary N) is 1. The molecule has 2 saturated heterocycles. The summed E-state index contributed by atoms with van der Waals surface area (Å²) in [4.78, 5) is 40.1. The van der Waals surface area contributed by atoms with Crippen molar-refractivity contribution in [2.24, 2.45) is 0 Å². The lowest BCUT2D eigenvalue weighted by Crippen LogP contribution is -2.43. The number of ether oxygens (including phenoxy) is 2. The van der Waals surface area contributed by atoms with E-state index in [9.17, 15) is 22.8 Å². The number of cyclic esters (lactones) is 1. The van der Waals surface area contributed by atoms with Gasteiger partial charge in [0, 0.05) is 42.2 Å². The first-order chi connectivity index (χ1) is 20.0. The van der Waals surface area contributed by atoms with E-state index in [0.717, 1.165) is 31.2 Å². The van der Waals surface area contributed by atoms with Crippen molar-refractivity contribution in [1.82, 2.24) is 24.3 Å². The Labute approximate surface area is 237 Å². The van der Waals surface area contributed by atoms with Crippen LogP contribution in [0, 0.1) is 0 Å². The topological polar surface area (TPSA) is 137 Å². The molecule has 1 aromatic carbocycles. The third-order valence-electron chi connectivity index (χ3n) is 7.71. The average Bonchev–Trinajstić information content (AvgIpc) is 3.49. The second-order valence-electron chi connectivity index (χ2n) is 10.2. The van der Waals surface area contributed by atoms with E-state index in [1.54, 1.807) is 23.4 Å². The van der Waals surface area contributed by atoms with Crippen LogP contribution in [0.1, 0.15) is 47.4 Å². The zero-order valence-electron chi connectivity index (χ0n) is 22.6. The summed E-state index contributed by atoms with van der Waals surface area (Å²) < 4.78 is 52.1. The lowest BCUT2D eigenvalue weighted by Gasteiger charge is -2.33. The van der Waals surface area contributed by atoms with Crippen molar-refractivity contribution in [2.75, 3.05) is 24.7 Å². The first-order valence-electron chi connectivity index (χ1n) is 13.2. The Bertz CT molecular complexity index is 1710. The van der Waals surface area contributed by atoms with Crippen LogP contribution >= 0.6 is 0 Å².